The second-order valence-corrected chi connectivity index (χ2v) is 13.4. The van der Waals surface area contributed by atoms with Crippen LogP contribution in [0.1, 0.15) is 51.4 Å². The molecule has 3 aliphatic heterocycles. The number of piperidine rings is 3. The highest BCUT2D eigenvalue weighted by atomic mass is 35.5. The summed E-state index contributed by atoms with van der Waals surface area (Å²) in [6.07, 6.45) is 2.79. The average Bonchev–Trinajstić information content (AvgIpc) is 3.11. The molecule has 14 heteroatoms. The molecule has 3 fully saturated rings. The molecule has 0 saturated carbocycles. The predicted molar refractivity (Wildman–Crippen MR) is 182 cm³/mol. The van der Waals surface area contributed by atoms with Gasteiger partial charge in [-0.15, -0.1) is 0 Å². The molecule has 2 atom stereocenters. The zero-order valence-electron chi connectivity index (χ0n) is 27.8. The summed E-state index contributed by atoms with van der Waals surface area (Å²) in [6, 6.07) is 12.7. The smallest absolute Gasteiger partial charge is 0.415 e. The summed E-state index contributed by atoms with van der Waals surface area (Å²) in [5.41, 5.74) is -0.106. The fourth-order valence-corrected chi connectivity index (χ4v) is 7.63. The number of amides is 1. The Morgan fingerprint density at radius 3 is 2.29 bits per heavy atom. The molecule has 268 valence electrons. The first-order valence-electron chi connectivity index (χ1n) is 16.3. The van der Waals surface area contributed by atoms with Gasteiger partial charge in [0, 0.05) is 33.9 Å². The fourth-order valence-electron chi connectivity index (χ4n) is 7.02. The number of carbonyl (C=O) groups is 2. The maximum atomic E-state index is 16.6. The van der Waals surface area contributed by atoms with Gasteiger partial charge in [-0.05, 0) is 85.8 Å². The van der Waals surface area contributed by atoms with Crippen molar-refractivity contribution in [1.29, 1.82) is 0 Å². The summed E-state index contributed by atoms with van der Waals surface area (Å²) >= 11 is 12.9. The number of carboxylic acid groups (broad SMARTS) is 1. The van der Waals surface area contributed by atoms with Crippen molar-refractivity contribution in [3.05, 3.63) is 116 Å². The number of halogens is 4. The molecule has 0 aliphatic carbocycles. The zero-order chi connectivity index (χ0) is 36.4. The van der Waals surface area contributed by atoms with E-state index >= 15 is 8.78 Å². The molecule has 51 heavy (non-hydrogen) atoms. The number of fused-ring (bicyclic) bond motifs is 3. The van der Waals surface area contributed by atoms with E-state index in [0.29, 0.717) is 33.9 Å². The van der Waals surface area contributed by atoms with E-state index < -0.39 is 47.8 Å². The largest absolute Gasteiger partial charge is 0.545 e. The lowest BCUT2D eigenvalue weighted by atomic mass is 9.82. The van der Waals surface area contributed by atoms with Gasteiger partial charge in [-0.1, -0.05) is 41.4 Å². The van der Waals surface area contributed by atoms with E-state index in [-0.39, 0.29) is 39.2 Å². The predicted octanol–water partition coefficient (Wildman–Crippen LogP) is 5.79. The molecule has 0 spiro atoms. The van der Waals surface area contributed by atoms with Crippen LogP contribution in [0, 0.1) is 17.6 Å². The first kappa shape index (κ1) is 36.2. The highest BCUT2D eigenvalue weighted by molar-refractivity contribution is 6.35. The van der Waals surface area contributed by atoms with Gasteiger partial charge < -0.3 is 24.1 Å². The second kappa shape index (κ2) is 15.3. The Kier molecular flexibility index (Phi) is 10.8. The van der Waals surface area contributed by atoms with E-state index in [1.54, 1.807) is 24.3 Å². The summed E-state index contributed by atoms with van der Waals surface area (Å²) < 4.78 is 49.3. The third-order valence-electron chi connectivity index (χ3n) is 9.60. The number of hydrogen-bond donors (Lipinski definition) is 1. The molecular weight excluding hydrogens is 707 g/mol. The number of pyridine rings is 1. The standard InChI is InChI=1S/C37H35Cl2F2N3O7/c1-49-32-8-7-23(15-33(32)50-2)24(16-25-27(38)18-43(48)19-28(25)39)35-26(36(45)46)13-21(14-30(35)41)17-44(31-6-4-3-5-29(31)40)37(47)51-34-20-42-11-9-22(34)10-12-42/h3-8,13-15,18-19,22,24,34H,9-12,16-17,20H2,1-2H3,(H-,45,46,48)/t24-,34-/m0/s1. The number of benzene rings is 3. The highest BCUT2D eigenvalue weighted by Crippen LogP contribution is 2.40. The third-order valence-corrected chi connectivity index (χ3v) is 10.2. The molecule has 4 heterocycles. The van der Waals surface area contributed by atoms with Crippen LogP contribution in [-0.2, 0) is 17.7 Å². The van der Waals surface area contributed by atoms with Crippen LogP contribution in [0.4, 0.5) is 19.3 Å². The zero-order valence-corrected chi connectivity index (χ0v) is 29.3. The summed E-state index contributed by atoms with van der Waals surface area (Å²) in [5, 5.41) is 22.8. The number of anilines is 1. The van der Waals surface area contributed by atoms with Crippen LogP contribution < -0.4 is 24.2 Å². The van der Waals surface area contributed by atoms with Crippen molar-refractivity contribution in [3.63, 3.8) is 0 Å². The van der Waals surface area contributed by atoms with Gasteiger partial charge in [0.1, 0.15) is 27.8 Å². The van der Waals surface area contributed by atoms with E-state index in [1.807, 2.05) is 0 Å². The van der Waals surface area contributed by atoms with E-state index in [2.05, 4.69) is 4.90 Å². The number of hydrogen-bond acceptors (Lipinski definition) is 8. The van der Waals surface area contributed by atoms with Crippen molar-refractivity contribution in [3.8, 4) is 11.5 Å². The number of nitrogens with zero attached hydrogens (tertiary/aromatic N) is 3. The van der Waals surface area contributed by atoms with Crippen LogP contribution in [0.3, 0.4) is 0 Å². The highest BCUT2D eigenvalue weighted by Gasteiger charge is 2.38. The maximum absolute atomic E-state index is 16.6. The van der Waals surface area contributed by atoms with Crippen molar-refractivity contribution >= 4 is 41.0 Å². The van der Waals surface area contributed by atoms with Crippen LogP contribution >= 0.6 is 23.2 Å². The molecule has 1 N–H and O–H groups in total. The molecule has 1 aromatic heterocycles. The van der Waals surface area contributed by atoms with Crippen LogP contribution in [0.5, 0.6) is 11.5 Å². The van der Waals surface area contributed by atoms with Gasteiger partial charge in [-0.25, -0.2) is 13.6 Å². The van der Waals surface area contributed by atoms with Gasteiger partial charge in [0.15, 0.2) is 11.5 Å². The Morgan fingerprint density at radius 2 is 1.69 bits per heavy atom. The molecule has 1 amide bonds. The van der Waals surface area contributed by atoms with Gasteiger partial charge in [0.2, 0.25) is 12.4 Å². The third kappa shape index (κ3) is 7.68. The van der Waals surface area contributed by atoms with Gasteiger partial charge >= 0.3 is 6.09 Å². The van der Waals surface area contributed by atoms with Gasteiger partial charge in [0.05, 0.1) is 32.4 Å². The minimum atomic E-state index is -1.69. The number of methoxy groups -OCH3 is 2. The van der Waals surface area contributed by atoms with Gasteiger partial charge in [-0.3, -0.25) is 15.0 Å². The SMILES string of the molecule is COc1ccc([C@H](Cc2c(Cl)c[n+](O)cc2Cl)c2c(F)cc(CN(C(=O)O[C@H]3CN4CCC3CC4)c3ccccc3F)cc2C(=O)[O-])cc1OC. The van der Waals surface area contributed by atoms with Crippen LogP contribution in [-0.4, -0.2) is 62.1 Å². The minimum Gasteiger partial charge on any atom is -0.545 e. The molecule has 2 bridgehead atoms. The van der Waals surface area contributed by atoms with Crippen LogP contribution in [0.15, 0.2) is 67.0 Å². The summed E-state index contributed by atoms with van der Waals surface area (Å²) in [4.78, 5) is 29.8. The fraction of sp³-hybridized carbons (Fsp3) is 0.324. The number of aromatic carboxylic acids is 1. The number of aromatic nitrogens is 1. The lowest BCUT2D eigenvalue weighted by molar-refractivity contribution is -0.904. The lowest BCUT2D eigenvalue weighted by Gasteiger charge is -2.44. The number of carbonyl (C=O) groups excluding carboxylic acids is 2. The Hall–Kier alpha value is -4.65. The Balaban J connectivity index is 1.42. The quantitative estimate of drug-likeness (QED) is 0.152. The first-order valence-corrected chi connectivity index (χ1v) is 17.0. The Morgan fingerprint density at radius 1 is 1.00 bits per heavy atom. The molecule has 4 aromatic rings. The van der Waals surface area contributed by atoms with Crippen LogP contribution in [0.2, 0.25) is 10.0 Å². The number of carboxylic acids is 1. The summed E-state index contributed by atoms with van der Waals surface area (Å²) in [6.45, 7) is 1.99. The van der Waals surface area contributed by atoms with Crippen molar-refractivity contribution in [2.45, 2.75) is 37.8 Å². The Labute approximate surface area is 303 Å². The number of ether oxygens (including phenoxy) is 3. The molecule has 0 radical (unpaired) electrons. The number of rotatable bonds is 11. The Bertz CT molecular complexity index is 1930. The monoisotopic (exact) mass is 741 g/mol. The topological polar surface area (TPSA) is 115 Å². The maximum Gasteiger partial charge on any atom is 0.415 e. The summed E-state index contributed by atoms with van der Waals surface area (Å²) in [7, 11) is 2.87. The lowest BCUT2D eigenvalue weighted by Crippen LogP contribution is -2.53. The minimum absolute atomic E-state index is 0.0459. The van der Waals surface area contributed by atoms with E-state index in [4.69, 9.17) is 37.4 Å². The summed E-state index contributed by atoms with van der Waals surface area (Å²) in [5.74, 6) is -3.53. The van der Waals surface area contributed by atoms with Crippen molar-refractivity contribution in [2.24, 2.45) is 5.92 Å². The van der Waals surface area contributed by atoms with Crippen molar-refractivity contribution < 1.29 is 47.6 Å². The molecule has 10 nitrogen and oxygen atoms in total. The molecule has 0 unspecified atom stereocenters. The normalized spacial score (nSPS) is 18.6. The molecule has 3 aliphatic rings. The van der Waals surface area contributed by atoms with Crippen molar-refractivity contribution in [1.82, 2.24) is 4.90 Å². The van der Waals surface area contributed by atoms with Crippen LogP contribution in [0.25, 0.3) is 0 Å². The molecule has 7 rings (SSSR count). The first-order chi connectivity index (χ1) is 24.5. The molecular formula is C37H35Cl2F2N3O7. The van der Waals surface area contributed by atoms with E-state index in [0.717, 1.165) is 36.9 Å². The second-order valence-electron chi connectivity index (χ2n) is 12.6. The van der Waals surface area contributed by atoms with Crippen molar-refractivity contribution in [2.75, 3.05) is 38.8 Å². The van der Waals surface area contributed by atoms with E-state index in [9.17, 15) is 19.9 Å². The average molecular weight is 743 g/mol. The van der Waals surface area contributed by atoms with Gasteiger partial charge in [0.25, 0.3) is 0 Å². The molecule has 3 aromatic carbocycles. The molecule has 3 saturated heterocycles. The van der Waals surface area contributed by atoms with Gasteiger partial charge in [-0.2, -0.15) is 0 Å². The number of para-hydroxylation sites is 1. The van der Waals surface area contributed by atoms with E-state index in [1.165, 1.54) is 50.9 Å².